The van der Waals surface area contributed by atoms with E-state index in [1.807, 2.05) is 42.5 Å². The number of aromatic nitrogens is 1. The van der Waals surface area contributed by atoms with Crippen molar-refractivity contribution in [3.05, 3.63) is 66.0 Å². The van der Waals surface area contributed by atoms with Gasteiger partial charge in [-0.05, 0) is 43.7 Å². The lowest BCUT2D eigenvalue weighted by Crippen LogP contribution is -2.46. The molecule has 1 aliphatic rings. The molecule has 1 fully saturated rings. The molecule has 6 heteroatoms. The van der Waals surface area contributed by atoms with Crippen molar-refractivity contribution in [3.63, 3.8) is 0 Å². The lowest BCUT2D eigenvalue weighted by Gasteiger charge is -2.32. The highest BCUT2D eigenvalue weighted by molar-refractivity contribution is 5.85. The number of nitrogens with zero attached hydrogens (tertiary/aromatic N) is 2. The van der Waals surface area contributed by atoms with Gasteiger partial charge in [-0.25, -0.2) is 0 Å². The van der Waals surface area contributed by atoms with Crippen LogP contribution in [0.15, 0.2) is 54.9 Å². The molecule has 2 N–H and O–H groups in total. The number of rotatable bonds is 5. The number of hydrogen-bond donors (Lipinski definition) is 2. The number of likely N-dealkylation sites (tertiary alicyclic amines) is 1. The summed E-state index contributed by atoms with van der Waals surface area (Å²) in [4.78, 5) is 30.6. The van der Waals surface area contributed by atoms with Crippen LogP contribution < -0.4 is 5.32 Å². The maximum absolute atomic E-state index is 12.9. The quantitative estimate of drug-likeness (QED) is 0.861. The van der Waals surface area contributed by atoms with Crippen LogP contribution in [0.5, 0.6) is 0 Å². The molecule has 1 aliphatic heterocycles. The van der Waals surface area contributed by atoms with Crippen molar-refractivity contribution in [2.45, 2.75) is 31.5 Å². The molecule has 1 aromatic heterocycles. The van der Waals surface area contributed by atoms with Crippen LogP contribution in [0.3, 0.4) is 0 Å². The standard InChI is InChI=1S/C20H23N3O3/c1-20(19(25)26)12-16(17(23(20)2)15-6-4-3-5-7-15)18(24)22-13-14-8-10-21-11-9-14/h3-11,16-17H,12-13H2,1-2H3,(H,22,24)(H,25,26)/t16-,17-,20-/m0/s1. The number of hydrogen-bond acceptors (Lipinski definition) is 4. The smallest absolute Gasteiger partial charge is 0.323 e. The van der Waals surface area contributed by atoms with E-state index in [1.54, 1.807) is 31.3 Å². The Morgan fingerprint density at radius 2 is 1.88 bits per heavy atom. The van der Waals surface area contributed by atoms with Crippen LogP contribution >= 0.6 is 0 Å². The first-order valence-electron chi connectivity index (χ1n) is 8.61. The van der Waals surface area contributed by atoms with E-state index in [9.17, 15) is 14.7 Å². The number of likely N-dealkylation sites (N-methyl/N-ethyl adjacent to an activating group) is 1. The summed E-state index contributed by atoms with van der Waals surface area (Å²) >= 11 is 0. The zero-order valence-corrected chi connectivity index (χ0v) is 14.9. The Morgan fingerprint density at radius 3 is 2.50 bits per heavy atom. The fourth-order valence-corrected chi connectivity index (χ4v) is 3.66. The molecule has 1 amide bonds. The largest absolute Gasteiger partial charge is 0.480 e. The molecule has 6 nitrogen and oxygen atoms in total. The van der Waals surface area contributed by atoms with Gasteiger partial charge < -0.3 is 10.4 Å². The van der Waals surface area contributed by atoms with Crippen molar-refractivity contribution in [3.8, 4) is 0 Å². The molecule has 2 aromatic rings. The fraction of sp³-hybridized carbons (Fsp3) is 0.350. The second kappa shape index (κ2) is 7.25. The summed E-state index contributed by atoms with van der Waals surface area (Å²) in [7, 11) is 1.78. The SMILES string of the molecule is CN1[C@@H](c2ccccc2)[C@@H](C(=O)NCc2ccncc2)C[C@@]1(C)C(=O)O. The highest BCUT2D eigenvalue weighted by Gasteiger charge is 2.54. The van der Waals surface area contributed by atoms with Gasteiger partial charge in [-0.15, -0.1) is 0 Å². The molecule has 0 saturated carbocycles. The highest BCUT2D eigenvalue weighted by atomic mass is 16.4. The number of aliphatic carboxylic acids is 1. The first-order chi connectivity index (χ1) is 12.4. The second-order valence-electron chi connectivity index (χ2n) is 6.93. The van der Waals surface area contributed by atoms with E-state index in [1.165, 1.54) is 0 Å². The average molecular weight is 353 g/mol. The Labute approximate surface area is 152 Å². The van der Waals surface area contributed by atoms with Crippen molar-refractivity contribution >= 4 is 11.9 Å². The fourth-order valence-electron chi connectivity index (χ4n) is 3.66. The van der Waals surface area contributed by atoms with Crippen LogP contribution in [-0.2, 0) is 16.1 Å². The lowest BCUT2D eigenvalue weighted by molar-refractivity contribution is -0.148. The van der Waals surface area contributed by atoms with Crippen LogP contribution in [0.2, 0.25) is 0 Å². The molecular weight excluding hydrogens is 330 g/mol. The van der Waals surface area contributed by atoms with Crippen LogP contribution in [0.25, 0.3) is 0 Å². The van der Waals surface area contributed by atoms with Crippen molar-refractivity contribution in [2.75, 3.05) is 7.05 Å². The normalized spacial score (nSPS) is 25.8. The highest BCUT2D eigenvalue weighted by Crippen LogP contribution is 2.45. The van der Waals surface area contributed by atoms with E-state index in [0.717, 1.165) is 11.1 Å². The second-order valence-corrected chi connectivity index (χ2v) is 6.93. The van der Waals surface area contributed by atoms with Crippen molar-refractivity contribution in [2.24, 2.45) is 5.92 Å². The number of carbonyl (C=O) groups is 2. The molecule has 3 rings (SSSR count). The Bertz CT molecular complexity index is 781. The Kier molecular flexibility index (Phi) is 5.04. The molecule has 26 heavy (non-hydrogen) atoms. The molecule has 0 bridgehead atoms. The maximum Gasteiger partial charge on any atom is 0.323 e. The van der Waals surface area contributed by atoms with Crippen molar-refractivity contribution < 1.29 is 14.7 Å². The predicted molar refractivity (Wildman–Crippen MR) is 97.2 cm³/mol. The van der Waals surface area contributed by atoms with E-state index in [2.05, 4.69) is 10.3 Å². The van der Waals surface area contributed by atoms with Gasteiger partial charge in [0.05, 0.1) is 5.92 Å². The molecular formula is C20H23N3O3. The topological polar surface area (TPSA) is 82.5 Å². The minimum absolute atomic E-state index is 0.132. The molecule has 0 unspecified atom stereocenters. The molecule has 1 saturated heterocycles. The molecule has 0 aliphatic carbocycles. The number of pyridine rings is 1. The molecule has 2 heterocycles. The monoisotopic (exact) mass is 353 g/mol. The van der Waals surface area contributed by atoms with Gasteiger partial charge in [0.1, 0.15) is 5.54 Å². The van der Waals surface area contributed by atoms with Crippen LogP contribution in [0.1, 0.15) is 30.5 Å². The lowest BCUT2D eigenvalue weighted by atomic mass is 9.89. The zero-order valence-electron chi connectivity index (χ0n) is 14.9. The van der Waals surface area contributed by atoms with Gasteiger partial charge >= 0.3 is 5.97 Å². The third kappa shape index (κ3) is 3.32. The third-order valence-electron chi connectivity index (χ3n) is 5.35. The minimum atomic E-state index is -1.08. The minimum Gasteiger partial charge on any atom is -0.480 e. The summed E-state index contributed by atoms with van der Waals surface area (Å²) in [6.07, 6.45) is 3.62. The Hall–Kier alpha value is -2.73. The molecule has 136 valence electrons. The number of amides is 1. The molecule has 0 spiro atoms. The van der Waals surface area contributed by atoms with E-state index in [0.29, 0.717) is 6.54 Å². The van der Waals surface area contributed by atoms with Crippen molar-refractivity contribution in [1.82, 2.24) is 15.2 Å². The van der Waals surface area contributed by atoms with Gasteiger partial charge in [-0.3, -0.25) is 19.5 Å². The zero-order chi connectivity index (χ0) is 18.7. The van der Waals surface area contributed by atoms with Gasteiger partial charge in [0.25, 0.3) is 0 Å². The number of carbonyl (C=O) groups excluding carboxylic acids is 1. The summed E-state index contributed by atoms with van der Waals surface area (Å²) < 4.78 is 0. The number of carboxylic acid groups (broad SMARTS) is 1. The van der Waals surface area contributed by atoms with E-state index >= 15 is 0 Å². The average Bonchev–Trinajstić information content (AvgIpc) is 2.94. The first-order valence-corrected chi connectivity index (χ1v) is 8.61. The Balaban J connectivity index is 1.84. The Morgan fingerprint density at radius 1 is 1.23 bits per heavy atom. The van der Waals surface area contributed by atoms with E-state index in [-0.39, 0.29) is 18.4 Å². The number of nitrogens with one attached hydrogen (secondary N) is 1. The van der Waals surface area contributed by atoms with E-state index < -0.39 is 17.4 Å². The number of benzene rings is 1. The van der Waals surface area contributed by atoms with Crippen LogP contribution in [0.4, 0.5) is 0 Å². The van der Waals surface area contributed by atoms with Gasteiger partial charge in [0.2, 0.25) is 5.91 Å². The van der Waals surface area contributed by atoms with Gasteiger partial charge in [-0.2, -0.15) is 0 Å². The van der Waals surface area contributed by atoms with Gasteiger partial charge in [0, 0.05) is 25.0 Å². The summed E-state index contributed by atoms with van der Waals surface area (Å²) in [5.41, 5.74) is 0.820. The summed E-state index contributed by atoms with van der Waals surface area (Å²) in [6.45, 7) is 2.08. The molecule has 0 radical (unpaired) electrons. The first kappa shape index (κ1) is 18.1. The van der Waals surface area contributed by atoms with Gasteiger partial charge in [-0.1, -0.05) is 30.3 Å². The molecule has 1 aromatic carbocycles. The predicted octanol–water partition coefficient (Wildman–Crippen LogP) is 2.23. The van der Waals surface area contributed by atoms with Gasteiger partial charge in [0.15, 0.2) is 0 Å². The summed E-state index contributed by atoms with van der Waals surface area (Å²) in [5.74, 6) is -1.48. The van der Waals surface area contributed by atoms with Crippen molar-refractivity contribution in [1.29, 1.82) is 0 Å². The third-order valence-corrected chi connectivity index (χ3v) is 5.35. The summed E-state index contributed by atoms with van der Waals surface area (Å²) in [5, 5.41) is 12.7. The molecule has 3 atom stereocenters. The maximum atomic E-state index is 12.9. The van der Waals surface area contributed by atoms with Crippen LogP contribution in [0, 0.1) is 5.92 Å². The van der Waals surface area contributed by atoms with E-state index in [4.69, 9.17) is 0 Å². The number of carboxylic acids is 1. The summed E-state index contributed by atoms with van der Waals surface area (Å²) in [6, 6.07) is 13.0. The van der Waals surface area contributed by atoms with Crippen LogP contribution in [-0.4, -0.2) is 39.5 Å².